The molecule has 162 valence electrons. The number of imidazole rings is 1. The van der Waals surface area contributed by atoms with E-state index in [2.05, 4.69) is 16.1 Å². The van der Waals surface area contributed by atoms with Crippen LogP contribution in [0.15, 0.2) is 60.8 Å². The largest absolute Gasteiger partial charge is 0.334 e. The molecule has 3 heterocycles. The third kappa shape index (κ3) is 4.35. The molecule has 6 nitrogen and oxygen atoms in total. The number of anilines is 2. The third-order valence-corrected chi connectivity index (χ3v) is 6.06. The van der Waals surface area contributed by atoms with Gasteiger partial charge in [0.2, 0.25) is 11.8 Å². The van der Waals surface area contributed by atoms with Crippen LogP contribution in [0, 0.1) is 0 Å². The van der Waals surface area contributed by atoms with Crippen molar-refractivity contribution in [2.75, 3.05) is 16.8 Å². The molecule has 0 atom stereocenters. The molecule has 1 N–H and O–H groups in total. The quantitative estimate of drug-likeness (QED) is 0.603. The number of nitrogens with zero attached hydrogens (tertiary/aromatic N) is 3. The molecule has 0 bridgehead atoms. The predicted octanol–water partition coefficient (Wildman–Crippen LogP) is 4.67. The van der Waals surface area contributed by atoms with Gasteiger partial charge in [0, 0.05) is 55.1 Å². The van der Waals surface area contributed by atoms with Gasteiger partial charge in [0.1, 0.15) is 5.82 Å². The lowest BCUT2D eigenvalue weighted by Crippen LogP contribution is -2.23. The maximum Gasteiger partial charge on any atom is 0.248 e. The van der Waals surface area contributed by atoms with E-state index in [9.17, 15) is 9.59 Å². The first-order valence-electron chi connectivity index (χ1n) is 11.2. The summed E-state index contributed by atoms with van der Waals surface area (Å²) >= 11 is 0. The number of nitrogens with one attached hydrogen (secondary N) is 1. The molecule has 2 amide bonds. The van der Waals surface area contributed by atoms with Crippen molar-refractivity contribution in [2.45, 2.75) is 38.6 Å². The molecule has 0 saturated carbocycles. The molecule has 2 aliphatic rings. The van der Waals surface area contributed by atoms with Gasteiger partial charge in [-0.15, -0.1) is 0 Å². The van der Waals surface area contributed by atoms with E-state index in [0.29, 0.717) is 6.42 Å². The lowest BCUT2D eigenvalue weighted by molar-refractivity contribution is -0.117. The van der Waals surface area contributed by atoms with Crippen LogP contribution in [0.3, 0.4) is 0 Å². The summed E-state index contributed by atoms with van der Waals surface area (Å²) in [6, 6.07) is 15.5. The first kappa shape index (κ1) is 20.2. The van der Waals surface area contributed by atoms with Gasteiger partial charge in [0.05, 0.1) is 5.69 Å². The zero-order valence-corrected chi connectivity index (χ0v) is 18.0. The Morgan fingerprint density at radius 1 is 0.938 bits per heavy atom. The van der Waals surface area contributed by atoms with Gasteiger partial charge in [-0.3, -0.25) is 9.59 Å². The van der Waals surface area contributed by atoms with Gasteiger partial charge in [0.15, 0.2) is 0 Å². The van der Waals surface area contributed by atoms with E-state index in [1.165, 1.54) is 18.9 Å². The molecule has 0 aliphatic carbocycles. The predicted molar refractivity (Wildman–Crippen MR) is 126 cm³/mol. The molecule has 0 spiro atoms. The van der Waals surface area contributed by atoms with Gasteiger partial charge >= 0.3 is 0 Å². The average molecular weight is 427 g/mol. The smallest absolute Gasteiger partial charge is 0.248 e. The number of fused-ring (bicyclic) bond motifs is 1. The highest BCUT2D eigenvalue weighted by Gasteiger charge is 2.21. The minimum absolute atomic E-state index is 0.172. The molecular weight excluding hydrogens is 400 g/mol. The summed E-state index contributed by atoms with van der Waals surface area (Å²) in [5.41, 5.74) is 4.61. The Morgan fingerprint density at radius 2 is 1.75 bits per heavy atom. The highest BCUT2D eigenvalue weighted by atomic mass is 16.2. The maximum atomic E-state index is 12.3. The van der Waals surface area contributed by atoms with Crippen molar-refractivity contribution in [3.8, 4) is 11.3 Å². The van der Waals surface area contributed by atoms with E-state index in [1.54, 1.807) is 6.08 Å². The Labute approximate surface area is 187 Å². The highest BCUT2D eigenvalue weighted by Crippen LogP contribution is 2.24. The zero-order chi connectivity index (χ0) is 21.9. The fraction of sp³-hybridized carbons (Fsp3) is 0.269. The minimum atomic E-state index is -0.186. The standard InChI is InChI=1S/C26H26N4O2/c31-25(15-8-19-6-13-22(14-7-19)30-17-3-5-26(30)32)27-21-11-9-20(10-12-21)23-18-29-16-2-1-4-24(29)28-23/h6-15,18H,1-5,16-17H2,(H,27,31)/b15-8+. The number of amides is 2. The number of rotatable bonds is 5. The van der Waals surface area contributed by atoms with Crippen LogP contribution in [0.2, 0.25) is 0 Å². The summed E-state index contributed by atoms with van der Waals surface area (Å²) in [6.07, 6.45) is 10.4. The lowest BCUT2D eigenvalue weighted by Gasteiger charge is -2.15. The summed E-state index contributed by atoms with van der Waals surface area (Å²) in [6.45, 7) is 1.82. The molecule has 2 aromatic carbocycles. The third-order valence-electron chi connectivity index (χ3n) is 6.06. The molecule has 6 heteroatoms. The number of hydrogen-bond acceptors (Lipinski definition) is 3. The van der Waals surface area contributed by atoms with Crippen LogP contribution in [0.4, 0.5) is 11.4 Å². The summed E-state index contributed by atoms with van der Waals surface area (Å²) in [5.74, 6) is 1.15. The van der Waals surface area contributed by atoms with Crippen molar-refractivity contribution in [1.82, 2.24) is 9.55 Å². The normalized spacial score (nSPS) is 15.9. The number of aromatic nitrogens is 2. The molecule has 5 rings (SSSR count). The summed E-state index contributed by atoms with van der Waals surface area (Å²) < 4.78 is 2.24. The Kier molecular flexibility index (Phi) is 5.58. The van der Waals surface area contributed by atoms with Gasteiger partial charge < -0.3 is 14.8 Å². The molecule has 3 aromatic rings. The van der Waals surface area contributed by atoms with E-state index >= 15 is 0 Å². The fourth-order valence-electron chi connectivity index (χ4n) is 4.32. The average Bonchev–Trinajstić information content (AvgIpc) is 3.45. The second-order valence-corrected chi connectivity index (χ2v) is 8.33. The van der Waals surface area contributed by atoms with E-state index in [-0.39, 0.29) is 11.8 Å². The fourth-order valence-corrected chi connectivity index (χ4v) is 4.32. The summed E-state index contributed by atoms with van der Waals surface area (Å²) in [5, 5.41) is 2.90. The number of carbonyl (C=O) groups excluding carboxylic acids is 2. The number of aryl methyl sites for hydroxylation is 2. The number of hydrogen-bond donors (Lipinski definition) is 1. The van der Waals surface area contributed by atoms with Gasteiger partial charge in [-0.2, -0.15) is 0 Å². The number of carbonyl (C=O) groups is 2. The second kappa shape index (κ2) is 8.83. The monoisotopic (exact) mass is 426 g/mol. The second-order valence-electron chi connectivity index (χ2n) is 8.33. The van der Waals surface area contributed by atoms with E-state index in [1.807, 2.05) is 53.4 Å². The zero-order valence-electron chi connectivity index (χ0n) is 18.0. The molecule has 1 saturated heterocycles. The van der Waals surface area contributed by atoms with Gasteiger partial charge in [-0.25, -0.2) is 4.98 Å². The van der Waals surface area contributed by atoms with Crippen LogP contribution in [0.25, 0.3) is 17.3 Å². The van der Waals surface area contributed by atoms with Crippen LogP contribution in [0.1, 0.15) is 37.1 Å². The van der Waals surface area contributed by atoms with Gasteiger partial charge in [-0.1, -0.05) is 24.3 Å². The Hall–Kier alpha value is -3.67. The first-order chi connectivity index (χ1) is 15.7. The van der Waals surface area contributed by atoms with Crippen LogP contribution in [-0.4, -0.2) is 27.9 Å². The van der Waals surface area contributed by atoms with Crippen molar-refractivity contribution in [3.63, 3.8) is 0 Å². The van der Waals surface area contributed by atoms with Crippen LogP contribution < -0.4 is 10.2 Å². The molecule has 32 heavy (non-hydrogen) atoms. The Balaban J connectivity index is 1.19. The van der Waals surface area contributed by atoms with Gasteiger partial charge in [-0.05, 0) is 55.2 Å². The van der Waals surface area contributed by atoms with Crippen molar-refractivity contribution >= 4 is 29.3 Å². The topological polar surface area (TPSA) is 67.2 Å². The van der Waals surface area contributed by atoms with E-state index in [4.69, 9.17) is 4.98 Å². The van der Waals surface area contributed by atoms with E-state index < -0.39 is 0 Å². The van der Waals surface area contributed by atoms with Crippen molar-refractivity contribution in [3.05, 3.63) is 72.2 Å². The lowest BCUT2D eigenvalue weighted by atomic mass is 10.1. The van der Waals surface area contributed by atoms with Gasteiger partial charge in [0.25, 0.3) is 0 Å². The SMILES string of the molecule is O=C(/C=C/c1ccc(N2CCCC2=O)cc1)Nc1ccc(-c2cn3c(n2)CCCC3)cc1. The highest BCUT2D eigenvalue weighted by molar-refractivity contribution is 6.02. The van der Waals surface area contributed by atoms with Crippen LogP contribution in [0.5, 0.6) is 0 Å². The Bertz CT molecular complexity index is 1140. The van der Waals surface area contributed by atoms with Crippen molar-refractivity contribution in [1.29, 1.82) is 0 Å². The van der Waals surface area contributed by atoms with Crippen LogP contribution in [-0.2, 0) is 22.6 Å². The summed E-state index contributed by atoms with van der Waals surface area (Å²) in [4.78, 5) is 30.7. The Morgan fingerprint density at radius 3 is 2.47 bits per heavy atom. The summed E-state index contributed by atoms with van der Waals surface area (Å²) in [7, 11) is 0. The van der Waals surface area contributed by atoms with E-state index in [0.717, 1.165) is 60.0 Å². The van der Waals surface area contributed by atoms with Crippen molar-refractivity contribution in [2.24, 2.45) is 0 Å². The number of benzene rings is 2. The first-order valence-corrected chi connectivity index (χ1v) is 11.2. The molecule has 1 fully saturated rings. The maximum absolute atomic E-state index is 12.3. The molecule has 0 radical (unpaired) electrons. The molecule has 2 aliphatic heterocycles. The molecular formula is C26H26N4O2. The molecule has 0 unspecified atom stereocenters. The molecule has 1 aromatic heterocycles. The van der Waals surface area contributed by atoms with Crippen LogP contribution >= 0.6 is 0 Å². The minimum Gasteiger partial charge on any atom is -0.334 e. The van der Waals surface area contributed by atoms with Crippen molar-refractivity contribution < 1.29 is 9.59 Å².